The van der Waals surface area contributed by atoms with E-state index in [0.29, 0.717) is 43.6 Å². The lowest BCUT2D eigenvalue weighted by Crippen LogP contribution is -2.52. The smallest absolute Gasteiger partial charge is 0.341 e. The molecule has 0 bridgehead atoms. The number of nitrogens with zero attached hydrogens (tertiary/aromatic N) is 2. The minimum atomic E-state index is -1.04. The molecule has 180 valence electrons. The molecule has 10 heteroatoms. The van der Waals surface area contributed by atoms with Crippen LogP contribution >= 0.6 is 0 Å². The van der Waals surface area contributed by atoms with E-state index >= 15 is 0 Å². The van der Waals surface area contributed by atoms with Crippen molar-refractivity contribution in [2.24, 2.45) is 11.8 Å². The summed E-state index contributed by atoms with van der Waals surface area (Å²) >= 11 is 0. The first-order valence-corrected chi connectivity index (χ1v) is 11.0. The van der Waals surface area contributed by atoms with Crippen LogP contribution in [-0.4, -0.2) is 80.0 Å². The van der Waals surface area contributed by atoms with Gasteiger partial charge in [0.1, 0.15) is 0 Å². The van der Waals surface area contributed by atoms with Gasteiger partial charge in [0.25, 0.3) is 5.91 Å². The van der Waals surface area contributed by atoms with Crippen LogP contribution in [0.1, 0.15) is 37.6 Å². The normalized spacial score (nSPS) is 20.5. The molecule has 1 aliphatic carbocycles. The van der Waals surface area contributed by atoms with Crippen molar-refractivity contribution < 1.29 is 33.4 Å². The van der Waals surface area contributed by atoms with Gasteiger partial charge in [0.2, 0.25) is 11.8 Å². The van der Waals surface area contributed by atoms with E-state index < -0.39 is 12.1 Å². The lowest BCUT2D eigenvalue weighted by atomic mass is 10.1. The summed E-state index contributed by atoms with van der Waals surface area (Å²) in [6.45, 7) is 6.60. The molecule has 3 rings (SSSR count). The highest BCUT2D eigenvalue weighted by Gasteiger charge is 2.39. The van der Waals surface area contributed by atoms with Crippen LogP contribution in [0.15, 0.2) is 12.1 Å². The van der Waals surface area contributed by atoms with Gasteiger partial charge in [0, 0.05) is 51.2 Å². The summed E-state index contributed by atoms with van der Waals surface area (Å²) in [5, 5.41) is 2.78. The highest BCUT2D eigenvalue weighted by atomic mass is 16.5. The van der Waals surface area contributed by atoms with Gasteiger partial charge in [-0.2, -0.15) is 0 Å². The van der Waals surface area contributed by atoms with Crippen molar-refractivity contribution in [3.63, 3.8) is 0 Å². The number of rotatable bonds is 7. The second-order valence-corrected chi connectivity index (χ2v) is 8.44. The Morgan fingerprint density at radius 3 is 2.06 bits per heavy atom. The van der Waals surface area contributed by atoms with Gasteiger partial charge in [0.05, 0.1) is 25.5 Å². The van der Waals surface area contributed by atoms with E-state index in [4.69, 9.17) is 14.2 Å². The summed E-state index contributed by atoms with van der Waals surface area (Å²) in [4.78, 5) is 53.0. The number of methoxy groups -OCH3 is 2. The number of carbonyl (C=O) groups is 4. The highest BCUT2D eigenvalue weighted by molar-refractivity contribution is 6.04. The molecule has 3 unspecified atom stereocenters. The van der Waals surface area contributed by atoms with Crippen LogP contribution in [0.4, 0.5) is 5.69 Å². The van der Waals surface area contributed by atoms with Gasteiger partial charge in [-0.1, -0.05) is 6.92 Å². The van der Waals surface area contributed by atoms with Crippen molar-refractivity contribution in [2.45, 2.75) is 33.3 Å². The van der Waals surface area contributed by atoms with Gasteiger partial charge < -0.3 is 29.3 Å². The average Bonchev–Trinajstić information content (AvgIpc) is 3.54. The lowest BCUT2D eigenvalue weighted by Gasteiger charge is -2.35. The van der Waals surface area contributed by atoms with Crippen LogP contribution < -0.4 is 14.8 Å². The Morgan fingerprint density at radius 2 is 1.55 bits per heavy atom. The minimum Gasteiger partial charge on any atom is -0.493 e. The number of ether oxygens (including phenoxy) is 3. The number of hydrogen-bond acceptors (Lipinski definition) is 7. The highest BCUT2D eigenvalue weighted by Crippen LogP contribution is 2.40. The number of hydrogen-bond donors (Lipinski definition) is 1. The maximum atomic E-state index is 13.0. The molecule has 3 atom stereocenters. The van der Waals surface area contributed by atoms with Gasteiger partial charge in [-0.25, -0.2) is 4.79 Å². The van der Waals surface area contributed by atoms with E-state index in [0.717, 1.165) is 6.42 Å². The summed E-state index contributed by atoms with van der Waals surface area (Å²) in [5.41, 5.74) is 0.298. The van der Waals surface area contributed by atoms with Gasteiger partial charge in [-0.15, -0.1) is 0 Å². The van der Waals surface area contributed by atoms with Gasteiger partial charge in [0.15, 0.2) is 17.6 Å². The van der Waals surface area contributed by atoms with Gasteiger partial charge >= 0.3 is 5.97 Å². The zero-order valence-electron chi connectivity index (χ0n) is 19.7. The molecule has 0 aromatic heterocycles. The molecule has 1 aliphatic heterocycles. The maximum absolute atomic E-state index is 13.0. The molecular weight excluding hydrogens is 430 g/mol. The van der Waals surface area contributed by atoms with Crippen molar-refractivity contribution in [1.82, 2.24) is 9.80 Å². The first-order valence-electron chi connectivity index (χ1n) is 11.0. The molecule has 33 heavy (non-hydrogen) atoms. The molecule has 1 aromatic carbocycles. The van der Waals surface area contributed by atoms with Crippen molar-refractivity contribution >= 4 is 29.4 Å². The Morgan fingerprint density at radius 1 is 1.00 bits per heavy atom. The minimum absolute atomic E-state index is 0.0369. The average molecular weight is 462 g/mol. The summed E-state index contributed by atoms with van der Waals surface area (Å²) in [7, 11) is 2.89. The fourth-order valence-corrected chi connectivity index (χ4v) is 3.84. The predicted octanol–water partition coefficient (Wildman–Crippen LogP) is 1.53. The quantitative estimate of drug-likeness (QED) is 0.613. The third kappa shape index (κ3) is 5.55. The second-order valence-electron chi connectivity index (χ2n) is 8.44. The van der Waals surface area contributed by atoms with Crippen molar-refractivity contribution in [2.75, 3.05) is 45.7 Å². The standard InChI is InChI=1S/C23H31N3O7/c1-13-10-16(13)21(28)24-18-12-20(32-5)19(31-4)11-17(18)23(30)33-14(2)22(29)26-8-6-25(7-9-26)15(3)27/h11-14,16H,6-10H2,1-5H3,(H,24,28). The third-order valence-electron chi connectivity index (χ3n) is 6.12. The lowest BCUT2D eigenvalue weighted by molar-refractivity contribution is -0.144. The predicted molar refractivity (Wildman–Crippen MR) is 119 cm³/mol. The first-order chi connectivity index (χ1) is 15.7. The molecule has 1 N–H and O–H groups in total. The van der Waals surface area contributed by atoms with Crippen LogP contribution in [-0.2, 0) is 19.1 Å². The zero-order chi connectivity index (χ0) is 24.3. The Hall–Kier alpha value is -3.30. The number of nitrogens with one attached hydrogen (secondary N) is 1. The number of amides is 3. The zero-order valence-corrected chi connectivity index (χ0v) is 19.7. The first kappa shape index (κ1) is 24.3. The SMILES string of the molecule is COc1cc(NC(=O)C2CC2C)c(C(=O)OC(C)C(=O)N2CCN(C(C)=O)CC2)cc1OC. The van der Waals surface area contributed by atoms with E-state index in [2.05, 4.69) is 5.32 Å². The number of carbonyl (C=O) groups excluding carboxylic acids is 4. The number of anilines is 1. The monoisotopic (exact) mass is 461 g/mol. The summed E-state index contributed by atoms with van der Waals surface area (Å²) < 4.78 is 16.0. The third-order valence-corrected chi connectivity index (χ3v) is 6.12. The second kappa shape index (κ2) is 10.1. The summed E-state index contributed by atoms with van der Waals surface area (Å²) in [6, 6.07) is 2.93. The Kier molecular flexibility index (Phi) is 7.45. The van der Waals surface area contributed by atoms with Crippen LogP contribution in [0, 0.1) is 11.8 Å². The Balaban J connectivity index is 1.73. The molecule has 2 aliphatic rings. The maximum Gasteiger partial charge on any atom is 0.341 e. The van der Waals surface area contributed by atoms with Gasteiger partial charge in [-0.3, -0.25) is 14.4 Å². The van der Waals surface area contributed by atoms with E-state index in [-0.39, 0.29) is 34.9 Å². The Bertz CT molecular complexity index is 940. The summed E-state index contributed by atoms with van der Waals surface area (Å²) in [6.07, 6.45) is -0.247. The van der Waals surface area contributed by atoms with Crippen LogP contribution in [0.3, 0.4) is 0 Å². The van der Waals surface area contributed by atoms with Crippen molar-refractivity contribution in [1.29, 1.82) is 0 Å². The molecule has 10 nitrogen and oxygen atoms in total. The molecule has 0 spiro atoms. The molecule has 0 radical (unpaired) electrons. The topological polar surface area (TPSA) is 114 Å². The molecule has 1 heterocycles. The van der Waals surface area contributed by atoms with E-state index in [9.17, 15) is 19.2 Å². The van der Waals surface area contributed by atoms with Crippen LogP contribution in [0.25, 0.3) is 0 Å². The van der Waals surface area contributed by atoms with Crippen LogP contribution in [0.2, 0.25) is 0 Å². The largest absolute Gasteiger partial charge is 0.493 e. The molecule has 3 amide bonds. The Labute approximate surface area is 193 Å². The van der Waals surface area contributed by atoms with E-state index in [1.54, 1.807) is 9.80 Å². The molecule has 1 aromatic rings. The molecular formula is C23H31N3O7. The van der Waals surface area contributed by atoms with Crippen molar-refractivity contribution in [3.05, 3.63) is 17.7 Å². The summed E-state index contributed by atoms with van der Waals surface area (Å²) in [5.74, 6) is -0.496. The number of esters is 1. The van der Waals surface area contributed by atoms with Crippen LogP contribution in [0.5, 0.6) is 11.5 Å². The van der Waals surface area contributed by atoms with Crippen molar-refractivity contribution in [3.8, 4) is 11.5 Å². The van der Waals surface area contributed by atoms with E-state index in [1.807, 2.05) is 6.92 Å². The van der Waals surface area contributed by atoms with E-state index in [1.165, 1.54) is 40.2 Å². The number of piperazine rings is 1. The number of benzene rings is 1. The fourth-order valence-electron chi connectivity index (χ4n) is 3.84. The molecule has 2 fully saturated rings. The van der Waals surface area contributed by atoms with Gasteiger partial charge in [-0.05, 0) is 19.3 Å². The fraction of sp³-hybridized carbons (Fsp3) is 0.565. The molecule has 1 saturated carbocycles. The molecule has 1 saturated heterocycles.